The zero-order valence-corrected chi connectivity index (χ0v) is 65.2. The summed E-state index contributed by atoms with van der Waals surface area (Å²) >= 11 is 5.52. The van der Waals surface area contributed by atoms with Gasteiger partial charge in [-0.1, -0.05) is 185 Å². The van der Waals surface area contributed by atoms with Gasteiger partial charge in [0.25, 0.3) is 0 Å². The van der Waals surface area contributed by atoms with Crippen molar-refractivity contribution < 1.29 is 197 Å². The summed E-state index contributed by atoms with van der Waals surface area (Å²) in [6, 6.07) is 27.5. The van der Waals surface area contributed by atoms with Crippen molar-refractivity contribution in [2.75, 3.05) is 25.7 Å². The molecular formula is C66H110ClK3N4O10S4. The summed E-state index contributed by atoms with van der Waals surface area (Å²) in [4.78, 5) is 29.9. The van der Waals surface area contributed by atoms with Gasteiger partial charge < -0.3 is 35.9 Å². The second kappa shape index (κ2) is 46.6. The van der Waals surface area contributed by atoms with Crippen LogP contribution in [0, 0.1) is 0 Å². The third-order valence-corrected chi connectivity index (χ3v) is 19.7. The maximum atomic E-state index is 13.0. The Kier molecular flexibility index (Phi) is 54.0. The van der Waals surface area contributed by atoms with Crippen LogP contribution in [0.5, 0.6) is 0 Å². The molecule has 0 saturated carbocycles. The molecular weight excluding hydrogens is 1290 g/mol. The van der Waals surface area contributed by atoms with Gasteiger partial charge in [0.1, 0.15) is 11.6 Å². The average molecular weight is 1400 g/mol. The van der Waals surface area contributed by atoms with Gasteiger partial charge in [-0.05, 0) is 199 Å². The van der Waals surface area contributed by atoms with Crippen molar-refractivity contribution in [3.8, 4) is 0 Å². The largest absolute Gasteiger partial charge is 1.00 e. The number of hydrogen-bond donors (Lipinski definition) is 2. The molecule has 88 heavy (non-hydrogen) atoms. The van der Waals surface area contributed by atoms with Gasteiger partial charge in [0.2, 0.25) is 11.8 Å². The van der Waals surface area contributed by atoms with E-state index in [-0.39, 0.29) is 266 Å². The number of nitrogens with zero attached hydrogens (tertiary/aromatic N) is 2. The van der Waals surface area contributed by atoms with Crippen LogP contribution in [0.2, 0.25) is 0 Å². The van der Waals surface area contributed by atoms with E-state index in [1.54, 1.807) is 66.7 Å². The van der Waals surface area contributed by atoms with Crippen molar-refractivity contribution >= 4 is 71.4 Å². The van der Waals surface area contributed by atoms with Gasteiger partial charge in [-0.25, -0.2) is 8.42 Å². The molecule has 2 heterocycles. The van der Waals surface area contributed by atoms with Crippen LogP contribution in [0.4, 0.5) is 0 Å². The summed E-state index contributed by atoms with van der Waals surface area (Å²) < 4.78 is 90.2. The Balaban J connectivity index is -0.000000223. The Morgan fingerprint density at radius 3 is 1.16 bits per heavy atom. The Bertz CT molecular complexity index is 2950. The molecule has 2 N–H and O–H groups in total. The SMILES string of the molecule is C.C.C.C.C.C.C=Cc1ccc([S-](=O)=O)cc1.CCC(C)c1ccc([S-](=O)=O)cc1.CCC(CC(C)c1ccc(S(=O)(=O)CC(=O)NC2CC(C)(C)N(C)C(C)(C)C2)cc1)c1ccc([S-](=O)=O)cc1.CN1C(C)(C)CC(NC(=O)CCl)CC1(C)C.[K+].[K+].[K+]. The quantitative estimate of drug-likeness (QED) is 0.0610. The topological polar surface area (TPSA) is 201 Å². The van der Waals surface area contributed by atoms with E-state index in [4.69, 9.17) is 11.6 Å². The van der Waals surface area contributed by atoms with Crippen molar-refractivity contribution in [1.82, 2.24) is 20.4 Å². The molecule has 2 amide bonds. The van der Waals surface area contributed by atoms with Gasteiger partial charge in [0, 0.05) is 34.2 Å². The van der Waals surface area contributed by atoms with Crippen molar-refractivity contribution in [2.45, 2.75) is 244 Å². The van der Waals surface area contributed by atoms with Crippen molar-refractivity contribution in [1.29, 1.82) is 0 Å². The smallest absolute Gasteiger partial charge is 0.420 e. The first kappa shape index (κ1) is 102. The fraction of sp³-hybridized carbons (Fsp3) is 0.576. The molecule has 0 bridgehead atoms. The minimum Gasteiger partial charge on any atom is -0.420 e. The fourth-order valence-electron chi connectivity index (χ4n) is 10.6. The van der Waals surface area contributed by atoms with Crippen LogP contribution in [0.1, 0.15) is 213 Å². The molecule has 2 aliphatic rings. The van der Waals surface area contributed by atoms with Gasteiger partial charge in [-0.2, -0.15) is 0 Å². The maximum Gasteiger partial charge on any atom is 1.00 e. The monoisotopic (exact) mass is 1400 g/mol. The maximum absolute atomic E-state index is 13.0. The first-order valence-electron chi connectivity index (χ1n) is 26.8. The number of carbonyl (C=O) groups excluding carboxylic acids is 2. The van der Waals surface area contributed by atoms with Gasteiger partial charge in [-0.3, -0.25) is 19.4 Å². The van der Waals surface area contributed by atoms with E-state index in [2.05, 4.69) is 124 Å². The molecule has 6 rings (SSSR count). The van der Waals surface area contributed by atoms with Crippen LogP contribution >= 0.6 is 11.6 Å². The first-order chi connectivity index (χ1) is 36.6. The van der Waals surface area contributed by atoms with E-state index < -0.39 is 53.6 Å². The van der Waals surface area contributed by atoms with E-state index in [0.717, 1.165) is 61.6 Å². The molecule has 0 aromatic heterocycles. The number of sulfone groups is 1. The van der Waals surface area contributed by atoms with E-state index >= 15 is 0 Å². The number of benzene rings is 4. The van der Waals surface area contributed by atoms with Crippen molar-refractivity contribution in [3.63, 3.8) is 0 Å². The van der Waals surface area contributed by atoms with Crippen LogP contribution in [0.15, 0.2) is 123 Å². The van der Waals surface area contributed by atoms with E-state index in [0.29, 0.717) is 15.7 Å². The summed E-state index contributed by atoms with van der Waals surface area (Å²) in [6.07, 6.45) is 7.92. The third kappa shape index (κ3) is 32.5. The molecule has 4 aromatic rings. The minimum absolute atomic E-state index is 0. The predicted molar refractivity (Wildman–Crippen MR) is 359 cm³/mol. The molecule has 0 radical (unpaired) electrons. The average Bonchev–Trinajstić information content (AvgIpc) is 3.38. The minimum atomic E-state index is -3.78. The molecule has 22 heteroatoms. The second-order valence-electron chi connectivity index (χ2n) is 23.3. The summed E-state index contributed by atoms with van der Waals surface area (Å²) in [5.41, 5.74) is 4.20. The molecule has 4 aromatic carbocycles. The molecule has 488 valence electrons. The fourth-order valence-corrected chi connectivity index (χ4v) is 12.9. The van der Waals surface area contributed by atoms with Gasteiger partial charge in [0.05, 0.1) is 4.90 Å². The van der Waals surface area contributed by atoms with E-state index in [1.807, 2.05) is 36.4 Å². The third-order valence-electron chi connectivity index (χ3n) is 15.8. The molecule has 0 spiro atoms. The Morgan fingerprint density at radius 1 is 0.545 bits per heavy atom. The Hall–Kier alpha value is 0.479. The number of rotatable bonds is 17. The number of carbonyl (C=O) groups is 2. The Labute approximate surface area is 674 Å². The van der Waals surface area contributed by atoms with Crippen LogP contribution < -0.4 is 165 Å². The molecule has 0 aliphatic carbocycles. The Morgan fingerprint density at radius 2 is 0.852 bits per heavy atom. The van der Waals surface area contributed by atoms with Gasteiger partial charge in [-0.15, -0.1) is 11.6 Å². The number of likely N-dealkylation sites (tertiary alicyclic amines) is 2. The number of alkyl halides is 1. The van der Waals surface area contributed by atoms with Crippen LogP contribution in [-0.4, -0.2) is 90.0 Å². The first-order valence-corrected chi connectivity index (χ1v) is 32.2. The van der Waals surface area contributed by atoms with Crippen LogP contribution in [0.3, 0.4) is 0 Å². The summed E-state index contributed by atoms with van der Waals surface area (Å²) in [5, 5.41) is 5.98. The molecule has 2 saturated heterocycles. The number of piperidine rings is 2. The normalized spacial score (nSPS) is 16.4. The summed E-state index contributed by atoms with van der Waals surface area (Å²) in [6.45, 7) is 29.4. The van der Waals surface area contributed by atoms with Crippen molar-refractivity contribution in [2.24, 2.45) is 0 Å². The van der Waals surface area contributed by atoms with Gasteiger partial charge >= 0.3 is 154 Å². The van der Waals surface area contributed by atoms with E-state index in [9.17, 15) is 43.3 Å². The predicted octanol–water partition coefficient (Wildman–Crippen LogP) is 7.27. The van der Waals surface area contributed by atoms with Gasteiger partial charge in [0.15, 0.2) is 9.84 Å². The van der Waals surface area contributed by atoms with Crippen molar-refractivity contribution in [3.05, 3.63) is 126 Å². The number of nitrogens with one attached hydrogen (secondary N) is 2. The zero-order chi connectivity index (χ0) is 59.8. The zero-order valence-electron chi connectivity index (χ0n) is 51.8. The summed E-state index contributed by atoms with van der Waals surface area (Å²) in [5.74, 6) is -0.150. The van der Waals surface area contributed by atoms with Crippen LogP contribution in [-0.2, 0) is 76.8 Å². The number of amides is 2. The number of halogens is 1. The standard InChI is InChI=1S/C30H43N2O5S2.C12H23ClN2O.C10H13O2S.C8H7O2S.6CH4.3K/c1-8-22(24-9-13-26(14-10-24)38(34)35)17-21(2)23-11-15-27(16-12-23)39(36,37)20-28(33)31-25-18-29(3,4)32(7)30(5,6)19-25;1-11(2)6-9(14-10(16)8-13)7-12(3,4)15(11)5;1-3-8(2)9-4-6-10(7-5-9)13(11)12;1-2-7-3-5-8(6-4-7)11(9)10;;;;;;;;;/h9-16,21-22,25H,8,17-20H2,1-7H3,(H,31,33);9H,6-8H2,1-5H3,(H,14,16);4-8H,3H2,1-2H3;2-6H,1H2;6*1H4;;;/q-1;;2*-1;;;;;;;3*+1. The molecule has 2 aliphatic heterocycles. The molecule has 3 atom stereocenters. The number of hydrogen-bond acceptors (Lipinski definition) is 15. The summed E-state index contributed by atoms with van der Waals surface area (Å²) in [7, 11) is -6.00. The van der Waals surface area contributed by atoms with Crippen LogP contribution in [0.25, 0.3) is 6.08 Å². The second-order valence-corrected chi connectivity index (χ2v) is 28.4. The molecule has 2 fully saturated rings. The molecule has 3 unspecified atom stereocenters. The van der Waals surface area contributed by atoms with E-state index in [1.165, 1.54) is 5.56 Å². The molecule has 14 nitrogen and oxygen atoms in total.